The molecule has 1 fully saturated rings. The molecule has 6 rings (SSSR count). The molecule has 3 atom stereocenters. The van der Waals surface area contributed by atoms with Gasteiger partial charge in [-0.05, 0) is 54.4 Å². The smallest absolute Gasteiger partial charge is 0.416 e. The number of carbonyl (C=O) groups excluding carboxylic acids is 3. The molecule has 0 radical (unpaired) electrons. The van der Waals surface area contributed by atoms with Gasteiger partial charge in [0.1, 0.15) is 5.25 Å². The van der Waals surface area contributed by atoms with Gasteiger partial charge < -0.3 is 19.8 Å². The number of nitrogens with one attached hydrogen (secondary N) is 2. The molecule has 2 aliphatic rings. The monoisotopic (exact) mass is 655 g/mol. The van der Waals surface area contributed by atoms with E-state index in [0.717, 1.165) is 51.8 Å². The number of fused-ring (bicyclic) bond motifs is 2. The predicted molar refractivity (Wildman–Crippen MR) is 162 cm³/mol. The van der Waals surface area contributed by atoms with Gasteiger partial charge in [0.2, 0.25) is 11.8 Å². The number of rotatable bonds is 7. The molecule has 0 bridgehead atoms. The maximum absolute atomic E-state index is 13.9. The summed E-state index contributed by atoms with van der Waals surface area (Å²) in [4.78, 5) is 56.1. The van der Waals surface area contributed by atoms with Crippen molar-refractivity contribution in [3.05, 3.63) is 98.0 Å². The normalized spacial score (nSPS) is 19.2. The average Bonchev–Trinajstić information content (AvgIpc) is 3.50. The zero-order chi connectivity index (χ0) is 32.0. The molecule has 1 aromatic heterocycles. The number of imide groups is 1. The molecular formula is C31H24F3N3O6S2. The van der Waals surface area contributed by atoms with Crippen LogP contribution in [0.2, 0.25) is 0 Å². The lowest BCUT2D eigenvalue weighted by Gasteiger charge is -2.30. The van der Waals surface area contributed by atoms with E-state index in [1.807, 2.05) is 19.1 Å². The number of hydrogen-bond donors (Lipinski definition) is 2. The molecule has 3 aromatic carbocycles. The van der Waals surface area contributed by atoms with Crippen molar-refractivity contribution in [3.8, 4) is 11.5 Å². The Morgan fingerprint density at radius 2 is 1.78 bits per heavy atom. The topological polar surface area (TPSA) is 118 Å². The minimum absolute atomic E-state index is 0.185. The number of aryl methyl sites for hydroxylation is 1. The molecule has 0 spiro atoms. The number of ether oxygens (including phenoxy) is 2. The minimum atomic E-state index is -4.67. The first-order chi connectivity index (χ1) is 21.5. The zero-order valence-corrected chi connectivity index (χ0v) is 25.3. The number of hydrogen-bond acceptors (Lipinski definition) is 8. The van der Waals surface area contributed by atoms with Crippen LogP contribution in [0.5, 0.6) is 11.5 Å². The molecule has 14 heteroatoms. The fourth-order valence-corrected chi connectivity index (χ4v) is 8.01. The third kappa shape index (κ3) is 5.71. The molecule has 3 amide bonds. The summed E-state index contributed by atoms with van der Waals surface area (Å²) in [6.45, 7) is 1.54. The SMILES string of the molecule is COc1cc([C@H]2c3sc(=O)[nH]c3SC3C(=O)N(c4cccc(C(F)(F)F)c4)C(=O)C32)ccc1OCC(=O)Nc1ccccc1C. The number of methoxy groups -OCH3 is 1. The van der Waals surface area contributed by atoms with Crippen molar-refractivity contribution in [3.63, 3.8) is 0 Å². The van der Waals surface area contributed by atoms with Crippen LogP contribution in [-0.4, -0.2) is 41.7 Å². The molecule has 0 aliphatic carbocycles. The lowest BCUT2D eigenvalue weighted by Crippen LogP contribution is -2.32. The Bertz CT molecular complexity index is 1890. The third-order valence-electron chi connectivity index (χ3n) is 7.58. The number of aromatic amines is 1. The van der Waals surface area contributed by atoms with Crippen LogP contribution in [-0.2, 0) is 20.6 Å². The fraction of sp³-hybridized carbons (Fsp3) is 0.226. The van der Waals surface area contributed by atoms with Gasteiger partial charge in [0.15, 0.2) is 18.1 Å². The Hall–Kier alpha value is -4.56. The quantitative estimate of drug-likeness (QED) is 0.250. The van der Waals surface area contributed by atoms with Crippen molar-refractivity contribution in [1.29, 1.82) is 0 Å². The number of thioether (sulfide) groups is 1. The Morgan fingerprint density at radius 1 is 1.00 bits per heavy atom. The number of H-pyrrole nitrogens is 1. The largest absolute Gasteiger partial charge is 0.493 e. The molecular weight excluding hydrogens is 631 g/mol. The van der Waals surface area contributed by atoms with Crippen LogP contribution in [0.25, 0.3) is 0 Å². The van der Waals surface area contributed by atoms with Crippen molar-refractivity contribution < 1.29 is 37.0 Å². The van der Waals surface area contributed by atoms with Crippen molar-refractivity contribution in [2.24, 2.45) is 5.92 Å². The van der Waals surface area contributed by atoms with E-state index in [-0.39, 0.29) is 28.7 Å². The van der Waals surface area contributed by atoms with Crippen LogP contribution in [0.1, 0.15) is 27.5 Å². The lowest BCUT2D eigenvalue weighted by atomic mass is 9.83. The van der Waals surface area contributed by atoms with Crippen molar-refractivity contribution in [2.75, 3.05) is 23.9 Å². The first-order valence-corrected chi connectivity index (χ1v) is 15.3. The summed E-state index contributed by atoms with van der Waals surface area (Å²) >= 11 is 1.91. The van der Waals surface area contributed by atoms with Crippen LogP contribution in [0, 0.1) is 12.8 Å². The Kier molecular flexibility index (Phi) is 7.95. The molecule has 232 valence electrons. The Balaban J connectivity index is 1.31. The molecule has 0 saturated carbocycles. The number of alkyl halides is 3. The van der Waals surface area contributed by atoms with E-state index in [9.17, 15) is 32.3 Å². The van der Waals surface area contributed by atoms with Crippen molar-refractivity contribution in [1.82, 2.24) is 4.98 Å². The second kappa shape index (κ2) is 11.7. The zero-order valence-electron chi connectivity index (χ0n) is 23.6. The number of nitrogens with zero attached hydrogens (tertiary/aromatic N) is 1. The van der Waals surface area contributed by atoms with Gasteiger partial charge in [0.05, 0.1) is 29.3 Å². The maximum Gasteiger partial charge on any atom is 0.416 e. The van der Waals surface area contributed by atoms with Crippen LogP contribution >= 0.6 is 23.1 Å². The van der Waals surface area contributed by atoms with E-state index in [4.69, 9.17) is 9.47 Å². The minimum Gasteiger partial charge on any atom is -0.493 e. The molecule has 9 nitrogen and oxygen atoms in total. The molecule has 4 aromatic rings. The summed E-state index contributed by atoms with van der Waals surface area (Å²) in [6, 6.07) is 16.2. The van der Waals surface area contributed by atoms with Gasteiger partial charge in [0.25, 0.3) is 5.91 Å². The van der Waals surface area contributed by atoms with E-state index in [1.165, 1.54) is 13.2 Å². The van der Waals surface area contributed by atoms with Crippen LogP contribution in [0.3, 0.4) is 0 Å². The molecule has 2 aliphatic heterocycles. The molecule has 3 heterocycles. The Morgan fingerprint density at radius 3 is 2.51 bits per heavy atom. The van der Waals surface area contributed by atoms with E-state index in [2.05, 4.69) is 10.3 Å². The van der Waals surface area contributed by atoms with Gasteiger partial charge in [-0.15, -0.1) is 0 Å². The first-order valence-electron chi connectivity index (χ1n) is 13.6. The summed E-state index contributed by atoms with van der Waals surface area (Å²) < 4.78 is 51.6. The number of carbonyl (C=O) groups is 3. The number of benzene rings is 3. The van der Waals surface area contributed by atoms with Crippen LogP contribution in [0.4, 0.5) is 24.5 Å². The number of para-hydroxylation sites is 1. The highest BCUT2D eigenvalue weighted by Gasteiger charge is 2.56. The van der Waals surface area contributed by atoms with E-state index < -0.39 is 46.5 Å². The second-order valence-electron chi connectivity index (χ2n) is 10.4. The molecule has 1 saturated heterocycles. The van der Waals surface area contributed by atoms with Gasteiger partial charge in [-0.25, -0.2) is 4.90 Å². The van der Waals surface area contributed by atoms with Gasteiger partial charge in [-0.1, -0.05) is 53.4 Å². The molecule has 2 N–H and O–H groups in total. The number of amides is 3. The number of thiazole rings is 1. The maximum atomic E-state index is 13.9. The highest BCUT2D eigenvalue weighted by atomic mass is 32.2. The third-order valence-corrected chi connectivity index (χ3v) is 9.98. The number of anilines is 2. The number of aromatic nitrogens is 1. The Labute approximate surface area is 262 Å². The van der Waals surface area contributed by atoms with Crippen LogP contribution in [0.15, 0.2) is 76.6 Å². The van der Waals surface area contributed by atoms with Crippen molar-refractivity contribution in [2.45, 2.75) is 29.3 Å². The van der Waals surface area contributed by atoms with Gasteiger partial charge in [0, 0.05) is 16.5 Å². The molecule has 2 unspecified atom stereocenters. The predicted octanol–water partition coefficient (Wildman–Crippen LogP) is 5.59. The van der Waals surface area contributed by atoms with E-state index >= 15 is 0 Å². The van der Waals surface area contributed by atoms with Gasteiger partial charge >= 0.3 is 11.0 Å². The lowest BCUT2D eigenvalue weighted by molar-refractivity contribution is -0.137. The summed E-state index contributed by atoms with van der Waals surface area (Å²) in [5.41, 5.74) is 0.873. The fourth-order valence-electron chi connectivity index (χ4n) is 5.49. The van der Waals surface area contributed by atoms with E-state index in [0.29, 0.717) is 21.2 Å². The summed E-state index contributed by atoms with van der Waals surface area (Å²) in [5.74, 6) is -3.09. The van der Waals surface area contributed by atoms with Crippen molar-refractivity contribution >= 4 is 52.2 Å². The van der Waals surface area contributed by atoms with Gasteiger partial charge in [-0.2, -0.15) is 13.2 Å². The molecule has 45 heavy (non-hydrogen) atoms. The standard InChI is InChI=1S/C31H24F3N3O6S2/c1-15-6-3-4-9-19(15)35-22(38)14-43-20-11-10-16(12-21(20)42-2)23-24-26(44-27-25(23)45-30(41)36-27)29(40)37(28(24)39)18-8-5-7-17(13-18)31(32,33)34/h3-13,23-24,26H,14H2,1-2H3,(H,35,38)(H,36,41)/t23-,24?,26?/m1/s1. The highest BCUT2D eigenvalue weighted by molar-refractivity contribution is 8.00. The number of halogens is 3. The summed E-state index contributed by atoms with van der Waals surface area (Å²) in [6.07, 6.45) is -4.67. The summed E-state index contributed by atoms with van der Waals surface area (Å²) in [5, 5.41) is 2.20. The first kappa shape index (κ1) is 30.5. The second-order valence-corrected chi connectivity index (χ2v) is 12.5. The average molecular weight is 656 g/mol. The summed E-state index contributed by atoms with van der Waals surface area (Å²) in [7, 11) is 1.40. The highest BCUT2D eigenvalue weighted by Crippen LogP contribution is 2.54. The van der Waals surface area contributed by atoms with Crippen LogP contribution < -0.4 is 24.6 Å². The van der Waals surface area contributed by atoms with Gasteiger partial charge in [-0.3, -0.25) is 19.2 Å². The van der Waals surface area contributed by atoms with E-state index in [1.54, 1.807) is 30.3 Å².